The van der Waals surface area contributed by atoms with Crippen LogP contribution in [0.4, 0.5) is 0 Å². The first-order chi connectivity index (χ1) is 7.42. The molecule has 0 aliphatic heterocycles. The topological polar surface area (TPSA) is 90.3 Å². The summed E-state index contributed by atoms with van der Waals surface area (Å²) >= 11 is 0. The van der Waals surface area contributed by atoms with Gasteiger partial charge in [0.15, 0.2) is 0 Å². The van der Waals surface area contributed by atoms with Crippen LogP contribution >= 0.6 is 0 Å². The molecule has 6 heteroatoms. The Labute approximate surface area is 85.6 Å². The molecule has 0 fully saturated rings. The second kappa shape index (κ2) is 4.26. The number of azide groups is 1. The third-order valence-corrected chi connectivity index (χ3v) is 1.95. The first kappa shape index (κ1) is 9.23. The summed E-state index contributed by atoms with van der Waals surface area (Å²) in [5.41, 5.74) is 10.6. The van der Waals surface area contributed by atoms with Crippen LogP contribution in [-0.4, -0.2) is 15.4 Å². The Bertz CT molecular complexity index is 482. The maximum Gasteiger partial charge on any atom is 0.116 e. The van der Waals surface area contributed by atoms with E-state index in [2.05, 4.69) is 25.4 Å². The van der Waals surface area contributed by atoms with Crippen LogP contribution in [0.15, 0.2) is 35.4 Å². The van der Waals surface area contributed by atoms with Crippen molar-refractivity contribution in [2.45, 2.75) is 6.54 Å². The molecule has 2 rings (SSSR count). The molecule has 0 aliphatic carbocycles. The fraction of sp³-hybridized carbons (Fsp3) is 0.111. The van der Waals surface area contributed by atoms with E-state index in [9.17, 15) is 0 Å². The van der Waals surface area contributed by atoms with E-state index in [0.717, 1.165) is 11.3 Å². The van der Waals surface area contributed by atoms with E-state index in [0.29, 0.717) is 5.69 Å². The maximum atomic E-state index is 8.23. The molecule has 0 aliphatic rings. The number of nitrogens with one attached hydrogen (secondary N) is 1. The molecule has 0 unspecified atom stereocenters. The molecule has 1 heterocycles. The molecule has 0 amide bonds. The van der Waals surface area contributed by atoms with E-state index in [-0.39, 0.29) is 6.54 Å². The van der Waals surface area contributed by atoms with Gasteiger partial charge in [0.05, 0.1) is 12.2 Å². The van der Waals surface area contributed by atoms with Gasteiger partial charge in [0.2, 0.25) is 0 Å². The van der Waals surface area contributed by atoms with Crippen LogP contribution in [0, 0.1) is 0 Å². The number of benzene rings is 1. The summed E-state index contributed by atoms with van der Waals surface area (Å²) in [6, 6.07) is 9.62. The number of aromatic amines is 1. The van der Waals surface area contributed by atoms with Crippen molar-refractivity contribution >= 4 is 0 Å². The highest BCUT2D eigenvalue weighted by molar-refractivity contribution is 5.60. The van der Waals surface area contributed by atoms with Crippen molar-refractivity contribution in [2.24, 2.45) is 5.11 Å². The lowest BCUT2D eigenvalue weighted by molar-refractivity contribution is 0.895. The van der Waals surface area contributed by atoms with Gasteiger partial charge in [-0.1, -0.05) is 35.4 Å². The van der Waals surface area contributed by atoms with Gasteiger partial charge in [-0.3, -0.25) is 0 Å². The van der Waals surface area contributed by atoms with Crippen LogP contribution in [0.25, 0.3) is 21.7 Å². The Balaban J connectivity index is 2.37. The smallest absolute Gasteiger partial charge is 0.116 e. The predicted molar refractivity (Wildman–Crippen MR) is 54.7 cm³/mol. The van der Waals surface area contributed by atoms with Gasteiger partial charge >= 0.3 is 0 Å². The highest BCUT2D eigenvalue weighted by Gasteiger charge is 2.07. The number of H-pyrrole nitrogens is 1. The minimum Gasteiger partial charge on any atom is -0.197 e. The average Bonchev–Trinajstić information content (AvgIpc) is 2.75. The van der Waals surface area contributed by atoms with Crippen LogP contribution in [-0.2, 0) is 6.54 Å². The molecule has 1 aromatic carbocycles. The van der Waals surface area contributed by atoms with Gasteiger partial charge in [-0.25, -0.2) is 0 Å². The average molecular weight is 200 g/mol. The van der Waals surface area contributed by atoms with Crippen LogP contribution in [0.3, 0.4) is 0 Å². The zero-order valence-corrected chi connectivity index (χ0v) is 7.83. The van der Waals surface area contributed by atoms with Crippen molar-refractivity contribution in [3.63, 3.8) is 0 Å². The maximum absolute atomic E-state index is 8.23. The first-order valence-electron chi connectivity index (χ1n) is 4.37. The lowest BCUT2D eigenvalue weighted by Gasteiger charge is -1.96. The Morgan fingerprint density at radius 2 is 2.07 bits per heavy atom. The summed E-state index contributed by atoms with van der Waals surface area (Å²) < 4.78 is 0. The second-order valence-corrected chi connectivity index (χ2v) is 2.87. The molecule has 1 aromatic heterocycles. The molecule has 0 saturated heterocycles. The molecule has 2 aromatic rings. The lowest BCUT2D eigenvalue weighted by atomic mass is 10.1. The first-order valence-corrected chi connectivity index (χ1v) is 4.37. The van der Waals surface area contributed by atoms with E-state index in [1.165, 1.54) is 0 Å². The quantitative estimate of drug-likeness (QED) is 0.467. The monoisotopic (exact) mass is 200 g/mol. The molecule has 6 nitrogen and oxygen atoms in total. The molecular formula is C9H8N6. The second-order valence-electron chi connectivity index (χ2n) is 2.87. The molecule has 15 heavy (non-hydrogen) atoms. The standard InChI is InChI=1S/C9H8N6/c10-14-11-6-8-9(13-15-12-8)7-4-2-1-3-5-7/h1-5H,6H2,(H,12,13,15). The van der Waals surface area contributed by atoms with Crippen LogP contribution in [0.2, 0.25) is 0 Å². The molecular weight excluding hydrogens is 192 g/mol. The van der Waals surface area contributed by atoms with Gasteiger partial charge in [-0.15, -0.1) is 0 Å². The summed E-state index contributed by atoms with van der Waals surface area (Å²) in [6.45, 7) is 0.206. The number of aromatic nitrogens is 3. The zero-order chi connectivity index (χ0) is 10.5. The highest BCUT2D eigenvalue weighted by Crippen LogP contribution is 2.19. The lowest BCUT2D eigenvalue weighted by Crippen LogP contribution is -1.85. The predicted octanol–water partition coefficient (Wildman–Crippen LogP) is 2.28. The van der Waals surface area contributed by atoms with Crippen molar-refractivity contribution in [2.75, 3.05) is 0 Å². The third-order valence-electron chi connectivity index (χ3n) is 1.95. The van der Waals surface area contributed by atoms with Gasteiger partial charge in [0, 0.05) is 10.5 Å². The van der Waals surface area contributed by atoms with E-state index >= 15 is 0 Å². The van der Waals surface area contributed by atoms with Gasteiger partial charge in [-0.05, 0) is 5.53 Å². The van der Waals surface area contributed by atoms with Crippen molar-refractivity contribution in [3.8, 4) is 11.3 Å². The van der Waals surface area contributed by atoms with Crippen LogP contribution in [0.5, 0.6) is 0 Å². The molecule has 0 radical (unpaired) electrons. The summed E-state index contributed by atoms with van der Waals surface area (Å²) in [4.78, 5) is 2.69. The fourth-order valence-electron chi connectivity index (χ4n) is 1.29. The van der Waals surface area contributed by atoms with Crippen molar-refractivity contribution in [3.05, 3.63) is 46.5 Å². The normalized spacial score (nSPS) is 9.60. The van der Waals surface area contributed by atoms with Crippen molar-refractivity contribution in [1.29, 1.82) is 0 Å². The van der Waals surface area contributed by atoms with E-state index < -0.39 is 0 Å². The van der Waals surface area contributed by atoms with Gasteiger partial charge in [-0.2, -0.15) is 15.4 Å². The minimum absolute atomic E-state index is 0.206. The van der Waals surface area contributed by atoms with Gasteiger partial charge < -0.3 is 0 Å². The number of hydrogen-bond donors (Lipinski definition) is 1. The molecule has 0 atom stereocenters. The Morgan fingerprint density at radius 3 is 2.80 bits per heavy atom. The van der Waals surface area contributed by atoms with Crippen LogP contribution in [0.1, 0.15) is 5.69 Å². The van der Waals surface area contributed by atoms with Gasteiger partial charge in [0.25, 0.3) is 0 Å². The molecule has 0 spiro atoms. The highest BCUT2D eigenvalue weighted by atomic mass is 15.3. The molecule has 1 N–H and O–H groups in total. The summed E-state index contributed by atoms with van der Waals surface area (Å²) in [6.07, 6.45) is 0. The Hall–Kier alpha value is -2.33. The molecule has 74 valence electrons. The SMILES string of the molecule is [N-]=[N+]=NCc1n[nH]nc1-c1ccccc1. The van der Waals surface area contributed by atoms with E-state index in [1.54, 1.807) is 0 Å². The minimum atomic E-state index is 0.206. The largest absolute Gasteiger partial charge is 0.197 e. The summed E-state index contributed by atoms with van der Waals surface area (Å²) in [5.74, 6) is 0. The van der Waals surface area contributed by atoms with E-state index in [1.807, 2.05) is 30.3 Å². The Morgan fingerprint density at radius 1 is 1.27 bits per heavy atom. The number of nitrogens with zero attached hydrogens (tertiary/aromatic N) is 5. The third kappa shape index (κ3) is 1.95. The van der Waals surface area contributed by atoms with Gasteiger partial charge in [0.1, 0.15) is 5.69 Å². The van der Waals surface area contributed by atoms with Crippen molar-refractivity contribution in [1.82, 2.24) is 15.4 Å². The molecule has 0 bridgehead atoms. The Kier molecular flexibility index (Phi) is 2.62. The van der Waals surface area contributed by atoms with E-state index in [4.69, 9.17) is 5.53 Å². The fourth-order valence-corrected chi connectivity index (χ4v) is 1.29. The number of rotatable bonds is 3. The molecule has 0 saturated carbocycles. The van der Waals surface area contributed by atoms with Crippen LogP contribution < -0.4 is 0 Å². The summed E-state index contributed by atoms with van der Waals surface area (Å²) in [5, 5.41) is 13.9. The number of hydrogen-bond acceptors (Lipinski definition) is 3. The zero-order valence-electron chi connectivity index (χ0n) is 7.83. The summed E-state index contributed by atoms with van der Waals surface area (Å²) in [7, 11) is 0. The van der Waals surface area contributed by atoms with Crippen molar-refractivity contribution < 1.29 is 0 Å².